The number of nitrogen functional groups attached to an aromatic ring is 1. The second kappa shape index (κ2) is 1.82. The summed E-state index contributed by atoms with van der Waals surface area (Å²) < 4.78 is 12.0. The third kappa shape index (κ3) is 0.964. The van der Waals surface area contributed by atoms with E-state index in [1.54, 1.807) is 0 Å². The summed E-state index contributed by atoms with van der Waals surface area (Å²) in [6.45, 7) is 0. The average molecular weight is 117 g/mol. The van der Waals surface area contributed by atoms with Crippen LogP contribution in [-0.4, -0.2) is 0 Å². The largest absolute Gasteiger partial charge is 0.399 e. The van der Waals surface area contributed by atoms with Crippen molar-refractivity contribution < 1.29 is 4.39 Å². The lowest BCUT2D eigenvalue weighted by atomic mass is 11.3. The Labute approximate surface area is 46.9 Å². The van der Waals surface area contributed by atoms with E-state index in [-0.39, 0.29) is 5.82 Å². The summed E-state index contributed by atoms with van der Waals surface area (Å²) in [5.74, 6) is -0.251. The molecule has 0 saturated carbocycles. The van der Waals surface area contributed by atoms with Gasteiger partial charge >= 0.3 is 0 Å². The van der Waals surface area contributed by atoms with Gasteiger partial charge in [-0.05, 0) is 24.3 Å². The zero-order valence-electron chi connectivity index (χ0n) is 4.26. The molecule has 0 aromatic heterocycles. The third-order valence-electron chi connectivity index (χ3n) is 0.870. The second-order valence-electron chi connectivity index (χ2n) is 1.55. The van der Waals surface area contributed by atoms with Gasteiger partial charge in [-0.3, -0.25) is 0 Å². The standard InChI is InChI=1S/C6H6FN/c7-5-1-3-6(8)4-2-5/h1-4H,8H2/i1+1,2+1,3+1,4+1,5+1,6+1. The van der Waals surface area contributed by atoms with E-state index in [1.807, 2.05) is 0 Å². The zero-order valence-corrected chi connectivity index (χ0v) is 4.26. The topological polar surface area (TPSA) is 26.0 Å². The number of anilines is 1. The molecule has 1 rings (SSSR count). The maximum absolute atomic E-state index is 12.0. The fourth-order valence-electron chi connectivity index (χ4n) is 0.463. The van der Waals surface area contributed by atoms with E-state index >= 15 is 0 Å². The van der Waals surface area contributed by atoms with Crippen LogP contribution in [-0.2, 0) is 0 Å². The molecule has 0 saturated heterocycles. The van der Waals surface area contributed by atoms with Gasteiger partial charge in [-0.1, -0.05) is 0 Å². The molecule has 1 aromatic carbocycles. The van der Waals surface area contributed by atoms with Crippen LogP contribution in [0.3, 0.4) is 0 Å². The van der Waals surface area contributed by atoms with E-state index in [0.717, 1.165) is 0 Å². The van der Waals surface area contributed by atoms with Crippen molar-refractivity contribution in [2.45, 2.75) is 0 Å². The van der Waals surface area contributed by atoms with Gasteiger partial charge < -0.3 is 5.73 Å². The molecule has 1 nitrogen and oxygen atoms in total. The van der Waals surface area contributed by atoms with Crippen molar-refractivity contribution in [1.82, 2.24) is 0 Å². The molecule has 0 aliphatic carbocycles. The number of benzene rings is 1. The van der Waals surface area contributed by atoms with Crippen LogP contribution >= 0.6 is 0 Å². The molecule has 0 heterocycles. The SMILES string of the molecule is N[13c]1[13cH][13cH][13c](F)[13cH][13cH]1. The lowest BCUT2D eigenvalue weighted by Gasteiger charge is -1.87. The van der Waals surface area contributed by atoms with Crippen molar-refractivity contribution in [3.05, 3.63) is 30.1 Å². The predicted octanol–water partition coefficient (Wildman–Crippen LogP) is 1.41. The Kier molecular flexibility index (Phi) is 1.16. The van der Waals surface area contributed by atoms with E-state index < -0.39 is 0 Å². The minimum atomic E-state index is -0.251. The van der Waals surface area contributed by atoms with Crippen molar-refractivity contribution in [1.29, 1.82) is 0 Å². The van der Waals surface area contributed by atoms with Gasteiger partial charge in [0.1, 0.15) is 5.82 Å². The maximum atomic E-state index is 12.0. The quantitative estimate of drug-likeness (QED) is 0.511. The first-order valence-corrected chi connectivity index (χ1v) is 2.30. The summed E-state index contributed by atoms with van der Waals surface area (Å²) in [6.07, 6.45) is 0. The Bertz CT molecular complexity index is 147. The Morgan fingerprint density at radius 3 is 2.00 bits per heavy atom. The fourth-order valence-corrected chi connectivity index (χ4v) is 0.463. The third-order valence-corrected chi connectivity index (χ3v) is 0.870. The van der Waals surface area contributed by atoms with Crippen LogP contribution in [0.5, 0.6) is 0 Å². The molecule has 8 heavy (non-hydrogen) atoms. The van der Waals surface area contributed by atoms with Gasteiger partial charge in [0.2, 0.25) is 0 Å². The Morgan fingerprint density at radius 2 is 1.62 bits per heavy atom. The molecule has 0 bridgehead atoms. The van der Waals surface area contributed by atoms with E-state index in [4.69, 9.17) is 5.73 Å². The zero-order chi connectivity index (χ0) is 5.98. The van der Waals surface area contributed by atoms with Crippen LogP contribution in [0.2, 0.25) is 0 Å². The molecule has 0 atom stereocenters. The molecular weight excluding hydrogens is 111 g/mol. The summed E-state index contributed by atoms with van der Waals surface area (Å²) >= 11 is 0. The molecule has 1 aromatic rings. The maximum Gasteiger partial charge on any atom is 0.123 e. The molecule has 2 N–H and O–H groups in total. The van der Waals surface area contributed by atoms with E-state index in [0.29, 0.717) is 5.69 Å². The summed E-state index contributed by atoms with van der Waals surface area (Å²) in [4.78, 5) is 0. The van der Waals surface area contributed by atoms with Crippen LogP contribution < -0.4 is 5.73 Å². The number of rotatable bonds is 0. The summed E-state index contributed by atoms with van der Waals surface area (Å²) in [5, 5.41) is 0. The first kappa shape index (κ1) is 5.09. The highest BCUT2D eigenvalue weighted by Crippen LogP contribution is 2.01. The monoisotopic (exact) mass is 117 g/mol. The predicted molar refractivity (Wildman–Crippen MR) is 30.8 cm³/mol. The summed E-state index contributed by atoms with van der Waals surface area (Å²) in [7, 11) is 0. The molecular formula is C6H6FN. The average Bonchev–Trinajstić information content (AvgIpc) is 1.77. The van der Waals surface area contributed by atoms with Crippen molar-refractivity contribution in [3.8, 4) is 0 Å². The highest BCUT2D eigenvalue weighted by atomic mass is 19.2. The first-order valence-electron chi connectivity index (χ1n) is 2.30. The Balaban J connectivity index is 3.03. The second-order valence-corrected chi connectivity index (χ2v) is 1.55. The van der Waals surface area contributed by atoms with Gasteiger partial charge in [-0.2, -0.15) is 0 Å². The molecule has 42 valence electrons. The van der Waals surface area contributed by atoms with Crippen LogP contribution in [0.25, 0.3) is 0 Å². The molecule has 2 heteroatoms. The van der Waals surface area contributed by atoms with Gasteiger partial charge in [0.25, 0.3) is 0 Å². The van der Waals surface area contributed by atoms with E-state index in [2.05, 4.69) is 0 Å². The normalized spacial score (nSPS) is 9.12. The molecule has 0 amide bonds. The highest BCUT2D eigenvalue weighted by molar-refractivity contribution is 5.36. The van der Waals surface area contributed by atoms with Crippen LogP contribution in [0.15, 0.2) is 24.3 Å². The van der Waals surface area contributed by atoms with E-state index in [9.17, 15) is 4.39 Å². The molecule has 0 spiro atoms. The van der Waals surface area contributed by atoms with Gasteiger partial charge in [0.05, 0.1) is 0 Å². The minimum absolute atomic E-state index is 0.251. The van der Waals surface area contributed by atoms with Crippen molar-refractivity contribution in [3.63, 3.8) is 0 Å². The van der Waals surface area contributed by atoms with Crippen molar-refractivity contribution in [2.75, 3.05) is 5.73 Å². The molecule has 0 unspecified atom stereocenters. The Morgan fingerprint density at radius 1 is 1.12 bits per heavy atom. The minimum Gasteiger partial charge on any atom is -0.399 e. The molecule has 0 radical (unpaired) electrons. The van der Waals surface area contributed by atoms with Crippen LogP contribution in [0, 0.1) is 5.82 Å². The number of hydrogen-bond acceptors (Lipinski definition) is 1. The van der Waals surface area contributed by atoms with Gasteiger partial charge in [0.15, 0.2) is 0 Å². The number of halogens is 1. The van der Waals surface area contributed by atoms with Gasteiger partial charge in [0, 0.05) is 5.69 Å². The van der Waals surface area contributed by atoms with Gasteiger partial charge in [-0.15, -0.1) is 0 Å². The van der Waals surface area contributed by atoms with Crippen molar-refractivity contribution in [2.24, 2.45) is 0 Å². The fraction of sp³-hybridized carbons (Fsp3) is 0. The number of nitrogens with two attached hydrogens (primary N) is 1. The first-order chi connectivity index (χ1) is 3.79. The number of hydrogen-bond donors (Lipinski definition) is 1. The molecule has 0 aliphatic rings. The van der Waals surface area contributed by atoms with E-state index in [1.165, 1.54) is 24.3 Å². The Hall–Kier alpha value is -1.05. The highest BCUT2D eigenvalue weighted by Gasteiger charge is 1.83. The summed E-state index contributed by atoms with van der Waals surface area (Å²) in [5.41, 5.74) is 5.85. The molecule has 0 aliphatic heterocycles. The van der Waals surface area contributed by atoms with Crippen LogP contribution in [0.4, 0.5) is 10.1 Å². The lowest BCUT2D eigenvalue weighted by molar-refractivity contribution is 0.628. The van der Waals surface area contributed by atoms with Crippen LogP contribution in [0.1, 0.15) is 0 Å². The molecule has 0 fully saturated rings. The van der Waals surface area contributed by atoms with Crippen molar-refractivity contribution >= 4 is 5.69 Å². The van der Waals surface area contributed by atoms with Gasteiger partial charge in [-0.25, -0.2) is 4.39 Å². The lowest BCUT2D eigenvalue weighted by Crippen LogP contribution is -1.82. The summed E-state index contributed by atoms with van der Waals surface area (Å²) in [6, 6.07) is 5.70. The smallest absolute Gasteiger partial charge is 0.123 e.